The number of H-pyrrole nitrogens is 2. The van der Waals surface area contributed by atoms with Crippen LogP contribution in [0.3, 0.4) is 0 Å². The van der Waals surface area contributed by atoms with Gasteiger partial charge in [0, 0.05) is 62.7 Å². The normalized spacial score (nSPS) is 14.4. The minimum absolute atomic E-state index is 0.0236. The van der Waals surface area contributed by atoms with Crippen molar-refractivity contribution in [2.24, 2.45) is 5.73 Å². The molecule has 4 aromatic carbocycles. The molecule has 18 heteroatoms. The number of amides is 1. The monoisotopic (exact) mass is 905 g/mol. The first-order chi connectivity index (χ1) is 29.5. The maximum Gasteiger partial charge on any atom is 0.417 e. The van der Waals surface area contributed by atoms with Crippen LogP contribution in [-0.2, 0) is 23.7 Å². The van der Waals surface area contributed by atoms with Crippen molar-refractivity contribution in [3.05, 3.63) is 130 Å². The third-order valence-corrected chi connectivity index (χ3v) is 11.2. The van der Waals surface area contributed by atoms with Gasteiger partial charge in [0.2, 0.25) is 5.91 Å². The summed E-state index contributed by atoms with van der Waals surface area (Å²) in [6.07, 6.45) is -13.2. The van der Waals surface area contributed by atoms with Gasteiger partial charge in [-0.15, -0.1) is 0 Å². The molecule has 2 aromatic heterocycles. The first kappa shape index (κ1) is 48.9. The number of alkyl halides is 6. The molecule has 0 aliphatic rings. The summed E-state index contributed by atoms with van der Waals surface area (Å²) in [6.45, 7) is 5.90. The number of benzene rings is 4. The van der Waals surface area contributed by atoms with E-state index in [1.54, 1.807) is 18.2 Å². The molecule has 7 N–H and O–H groups in total. The average Bonchev–Trinajstić information content (AvgIpc) is 3.79. The molecule has 0 saturated heterocycles. The summed E-state index contributed by atoms with van der Waals surface area (Å²) in [5.74, 6) is -2.77. The zero-order valence-corrected chi connectivity index (χ0v) is 35.5. The first-order valence-corrected chi connectivity index (χ1v) is 19.6. The minimum Gasteiger partial charge on any atom is -0.496 e. The van der Waals surface area contributed by atoms with Crippen molar-refractivity contribution >= 4 is 33.7 Å². The maximum absolute atomic E-state index is 14.1. The number of hydrogen-bond acceptors (Lipinski definition) is 6. The number of hydrogen-bond donors (Lipinski definition) is 6. The van der Waals surface area contributed by atoms with Crippen molar-refractivity contribution < 1.29 is 69.5 Å². The third-order valence-electron chi connectivity index (χ3n) is 11.2. The lowest BCUT2D eigenvalue weighted by Crippen LogP contribution is -2.51. The van der Waals surface area contributed by atoms with E-state index < -0.39 is 83.6 Å². The molecular weight excluding hydrogens is 859 g/mol. The Morgan fingerprint density at radius 2 is 0.984 bits per heavy atom. The summed E-state index contributed by atoms with van der Waals surface area (Å²) in [5.41, 5.74) is -2.26. The number of aliphatic hydroxyl groups is 2. The second-order valence-corrected chi connectivity index (χ2v) is 17.0. The van der Waals surface area contributed by atoms with E-state index in [0.717, 1.165) is 24.3 Å². The summed E-state index contributed by atoms with van der Waals surface area (Å²) < 4.78 is 123. The molecule has 0 aliphatic heterocycles. The largest absolute Gasteiger partial charge is 0.496 e. The van der Waals surface area contributed by atoms with E-state index in [9.17, 15) is 60.0 Å². The van der Waals surface area contributed by atoms with Crippen LogP contribution in [0.1, 0.15) is 83.8 Å². The number of carbonyl (C=O) groups is 2. The molecule has 2 heterocycles. The molecule has 2 atom stereocenters. The number of aromatic nitrogens is 2. The standard InChI is InChI=1S/C23H24F4N2O3.C23H23F4NO4/c1-21(2,17-9-13(24)7-8-19(17)32-3)12-22(31,23(25,26)27)11-14-10-16-15(20(28)30)5-4-6-18(16)29-14;1-21(2,17-9-13(24)7-8-19(17)32-3)12-22(31,23(25,26)27)11-14-10-16-15(20(29)30)5-4-6-18(16)28-14/h4-10,29,31H,11-12H2,1-3H3,(H2,28,30);4-10,28,31H,11-12H2,1-3H3,(H,29,30). The molecule has 2 unspecified atom stereocenters. The van der Waals surface area contributed by atoms with Gasteiger partial charge >= 0.3 is 18.3 Å². The number of halogens is 8. The molecule has 0 saturated carbocycles. The number of rotatable bonds is 14. The summed E-state index contributed by atoms with van der Waals surface area (Å²) in [4.78, 5) is 28.6. The number of carboxylic acids is 1. The fourth-order valence-electron chi connectivity index (χ4n) is 8.24. The zero-order chi connectivity index (χ0) is 47.8. The number of aromatic amines is 2. The van der Waals surface area contributed by atoms with Crippen LogP contribution < -0.4 is 15.2 Å². The summed E-state index contributed by atoms with van der Waals surface area (Å²) in [6, 6.07) is 18.8. The highest BCUT2D eigenvalue weighted by Gasteiger charge is 2.57. The van der Waals surface area contributed by atoms with Crippen LogP contribution in [0.5, 0.6) is 11.5 Å². The number of aromatic carboxylic acids is 1. The van der Waals surface area contributed by atoms with Crippen molar-refractivity contribution in [1.82, 2.24) is 9.97 Å². The molecule has 6 aromatic rings. The van der Waals surface area contributed by atoms with Crippen LogP contribution in [-0.4, -0.2) is 74.9 Å². The van der Waals surface area contributed by atoms with Gasteiger partial charge in [-0.25, -0.2) is 13.6 Å². The number of nitrogens with one attached hydrogen (secondary N) is 2. The van der Waals surface area contributed by atoms with Crippen LogP contribution in [0.15, 0.2) is 84.9 Å². The van der Waals surface area contributed by atoms with Gasteiger partial charge in [-0.3, -0.25) is 4.79 Å². The number of nitrogens with two attached hydrogens (primary N) is 1. The van der Waals surface area contributed by atoms with Gasteiger partial charge in [0.1, 0.15) is 23.1 Å². The summed E-state index contributed by atoms with van der Waals surface area (Å²) in [7, 11) is 2.66. The van der Waals surface area contributed by atoms with Gasteiger partial charge in [-0.1, -0.05) is 39.8 Å². The highest BCUT2D eigenvalue weighted by molar-refractivity contribution is 6.06. The van der Waals surface area contributed by atoms with Gasteiger partial charge in [0.15, 0.2) is 11.2 Å². The van der Waals surface area contributed by atoms with E-state index in [0.29, 0.717) is 16.4 Å². The third kappa shape index (κ3) is 10.3. The van der Waals surface area contributed by atoms with Gasteiger partial charge in [-0.05, 0) is 96.5 Å². The van der Waals surface area contributed by atoms with Crippen LogP contribution >= 0.6 is 0 Å². The van der Waals surface area contributed by atoms with Crippen LogP contribution in [0.2, 0.25) is 0 Å². The molecule has 344 valence electrons. The van der Waals surface area contributed by atoms with E-state index in [4.69, 9.17) is 15.2 Å². The number of carboxylic acid groups (broad SMARTS) is 1. The second-order valence-electron chi connectivity index (χ2n) is 17.0. The topological polar surface area (TPSA) is 171 Å². The molecule has 64 heavy (non-hydrogen) atoms. The highest BCUT2D eigenvalue weighted by atomic mass is 19.4. The zero-order valence-electron chi connectivity index (χ0n) is 35.5. The fraction of sp³-hybridized carbons (Fsp3) is 0.348. The molecule has 0 bridgehead atoms. The number of methoxy groups -OCH3 is 2. The Hall–Kier alpha value is -6.14. The van der Waals surface area contributed by atoms with Gasteiger partial charge in [-0.2, -0.15) is 26.3 Å². The Balaban J connectivity index is 0.000000241. The van der Waals surface area contributed by atoms with E-state index >= 15 is 0 Å². The predicted molar refractivity (Wildman–Crippen MR) is 223 cm³/mol. The van der Waals surface area contributed by atoms with Crippen molar-refractivity contribution in [3.63, 3.8) is 0 Å². The number of fused-ring (bicyclic) bond motifs is 2. The van der Waals surface area contributed by atoms with Crippen molar-refractivity contribution in [3.8, 4) is 11.5 Å². The van der Waals surface area contributed by atoms with Crippen molar-refractivity contribution in [2.75, 3.05) is 14.2 Å². The lowest BCUT2D eigenvalue weighted by Gasteiger charge is -2.38. The molecule has 0 fully saturated rings. The molecule has 6 rings (SSSR count). The second kappa shape index (κ2) is 17.8. The number of carbonyl (C=O) groups excluding carboxylic acids is 1. The number of ether oxygens (including phenoxy) is 2. The average molecular weight is 906 g/mol. The fourth-order valence-corrected chi connectivity index (χ4v) is 8.24. The quantitative estimate of drug-likeness (QED) is 0.0591. The van der Waals surface area contributed by atoms with Gasteiger partial charge in [0.05, 0.1) is 19.8 Å². The molecule has 0 radical (unpaired) electrons. The molecule has 0 spiro atoms. The minimum atomic E-state index is -5.02. The molecule has 1 amide bonds. The predicted octanol–water partition coefficient (Wildman–Crippen LogP) is 9.84. The molecular formula is C46H47F8N3O7. The Bertz CT molecular complexity index is 2490. The first-order valence-electron chi connectivity index (χ1n) is 19.6. The SMILES string of the molecule is COc1ccc(F)cc1C(C)(C)CC(O)(Cc1cc2c(C(=O)O)cccc2[nH]1)C(F)(F)F.COc1ccc(F)cc1C(C)(C)CC(O)(Cc1cc2c(C(N)=O)cccc2[nH]1)C(F)(F)F. The summed E-state index contributed by atoms with van der Waals surface area (Å²) >= 11 is 0. The smallest absolute Gasteiger partial charge is 0.417 e. The van der Waals surface area contributed by atoms with Crippen molar-refractivity contribution in [1.29, 1.82) is 0 Å². The Labute approximate surface area is 362 Å². The lowest BCUT2D eigenvalue weighted by molar-refractivity contribution is -0.266. The maximum atomic E-state index is 14.1. The van der Waals surface area contributed by atoms with E-state index in [1.807, 2.05) is 0 Å². The van der Waals surface area contributed by atoms with Crippen molar-refractivity contribution in [2.45, 2.75) is 87.8 Å². The molecule has 10 nitrogen and oxygen atoms in total. The Kier molecular flexibility index (Phi) is 13.6. The Morgan fingerprint density at radius 1 is 0.609 bits per heavy atom. The summed E-state index contributed by atoms with van der Waals surface area (Å²) in [5, 5.41) is 31.6. The van der Waals surface area contributed by atoms with Crippen LogP contribution in [0, 0.1) is 11.6 Å². The molecule has 0 aliphatic carbocycles. The lowest BCUT2D eigenvalue weighted by atomic mass is 9.73. The van der Waals surface area contributed by atoms with E-state index in [1.165, 1.54) is 84.4 Å². The van der Waals surface area contributed by atoms with Crippen LogP contribution in [0.25, 0.3) is 21.8 Å². The van der Waals surface area contributed by atoms with E-state index in [-0.39, 0.29) is 50.5 Å². The van der Waals surface area contributed by atoms with Gasteiger partial charge < -0.3 is 40.5 Å². The van der Waals surface area contributed by atoms with E-state index in [2.05, 4.69) is 9.97 Å². The highest BCUT2D eigenvalue weighted by Crippen LogP contribution is 2.47. The Morgan fingerprint density at radius 3 is 1.33 bits per heavy atom. The van der Waals surface area contributed by atoms with Crippen LogP contribution in [0.4, 0.5) is 35.1 Å². The van der Waals surface area contributed by atoms with Gasteiger partial charge in [0.25, 0.3) is 0 Å². The number of primary amides is 1.